The quantitative estimate of drug-likeness (QED) is 0.320. The zero-order chi connectivity index (χ0) is 23.7. The average molecular weight is 465 g/mol. The zero-order valence-corrected chi connectivity index (χ0v) is 19.9. The van der Waals surface area contributed by atoms with Crippen LogP contribution in [0, 0.1) is 6.92 Å². The molecule has 0 spiro atoms. The first-order valence-electron chi connectivity index (χ1n) is 10.2. The van der Waals surface area contributed by atoms with E-state index in [1.54, 1.807) is 33.4 Å². The normalized spacial score (nSPS) is 11.1. The maximum atomic E-state index is 13.0. The van der Waals surface area contributed by atoms with Gasteiger partial charge in [0.2, 0.25) is 0 Å². The monoisotopic (exact) mass is 464 g/mol. The molecule has 9 heteroatoms. The lowest BCUT2D eigenvalue weighted by molar-refractivity contribution is 0.355. The van der Waals surface area contributed by atoms with Gasteiger partial charge in [0.25, 0.3) is 5.56 Å². The minimum absolute atomic E-state index is 0.286. The highest BCUT2D eigenvalue weighted by atomic mass is 32.2. The van der Waals surface area contributed by atoms with Crippen molar-refractivity contribution in [3.63, 3.8) is 0 Å². The highest BCUT2D eigenvalue weighted by Gasteiger charge is 2.19. The second-order valence-corrected chi connectivity index (χ2v) is 8.56. The van der Waals surface area contributed by atoms with Crippen LogP contribution in [0.15, 0.2) is 57.1 Å². The Morgan fingerprint density at radius 1 is 0.909 bits per heavy atom. The van der Waals surface area contributed by atoms with Gasteiger partial charge in [-0.2, -0.15) is 0 Å². The van der Waals surface area contributed by atoms with Gasteiger partial charge in [-0.15, -0.1) is 11.8 Å². The van der Waals surface area contributed by atoms with Crippen LogP contribution in [0.5, 0.6) is 11.5 Å². The summed E-state index contributed by atoms with van der Waals surface area (Å²) in [6.45, 7) is 2.04. The van der Waals surface area contributed by atoms with Gasteiger partial charge in [0.1, 0.15) is 10.4 Å². The van der Waals surface area contributed by atoms with E-state index in [1.165, 1.54) is 28.9 Å². The molecule has 0 amide bonds. The molecule has 8 nitrogen and oxygen atoms in total. The van der Waals surface area contributed by atoms with Crippen molar-refractivity contribution in [2.24, 2.45) is 14.1 Å². The van der Waals surface area contributed by atoms with Crippen molar-refractivity contribution in [2.75, 3.05) is 14.2 Å². The van der Waals surface area contributed by atoms with E-state index in [0.717, 1.165) is 10.1 Å². The van der Waals surface area contributed by atoms with E-state index in [1.807, 2.05) is 25.1 Å². The summed E-state index contributed by atoms with van der Waals surface area (Å²) in [4.78, 5) is 34.9. The summed E-state index contributed by atoms with van der Waals surface area (Å²) in [6.07, 6.45) is 0. The molecular formula is C24H24N4O4S. The number of ether oxygens (including phenoxy) is 2. The molecule has 0 bridgehead atoms. The third-order valence-corrected chi connectivity index (χ3v) is 6.45. The molecule has 4 rings (SSSR count). The average Bonchev–Trinajstić information content (AvgIpc) is 2.84. The number of nitrogens with zero attached hydrogens (tertiary/aromatic N) is 4. The number of methoxy groups -OCH3 is 2. The molecule has 0 saturated heterocycles. The van der Waals surface area contributed by atoms with E-state index in [2.05, 4.69) is 17.1 Å². The molecule has 2 aromatic carbocycles. The van der Waals surface area contributed by atoms with Gasteiger partial charge >= 0.3 is 5.69 Å². The lowest BCUT2D eigenvalue weighted by Gasteiger charge is -2.13. The van der Waals surface area contributed by atoms with Gasteiger partial charge < -0.3 is 9.47 Å². The zero-order valence-electron chi connectivity index (χ0n) is 19.1. The number of hydrogen-bond donors (Lipinski definition) is 0. The molecule has 0 atom stereocenters. The molecule has 0 aliphatic heterocycles. The van der Waals surface area contributed by atoms with Crippen LogP contribution in [-0.2, 0) is 19.8 Å². The maximum absolute atomic E-state index is 13.0. The van der Waals surface area contributed by atoms with Crippen molar-refractivity contribution >= 4 is 22.8 Å². The van der Waals surface area contributed by atoms with E-state index in [9.17, 15) is 9.59 Å². The molecule has 170 valence electrons. The smallest absolute Gasteiger partial charge is 0.332 e. The van der Waals surface area contributed by atoms with Crippen LogP contribution in [0.3, 0.4) is 0 Å². The second-order valence-electron chi connectivity index (χ2n) is 7.60. The number of hydrogen-bond acceptors (Lipinski definition) is 7. The summed E-state index contributed by atoms with van der Waals surface area (Å²) in [5.41, 5.74) is 2.38. The Kier molecular flexibility index (Phi) is 6.24. The Hall–Kier alpha value is -3.59. The standard InChI is InChI=1S/C24H24N4O4S/c1-14-6-8-15(9-7-14)13-33-22-19-21(27(2)24(30)28(3)23(19)29)25-20(26-22)16-10-11-17(31-4)18(12-16)32-5/h6-12H,13H2,1-5H3. The van der Waals surface area contributed by atoms with Gasteiger partial charge in [-0.1, -0.05) is 29.8 Å². The summed E-state index contributed by atoms with van der Waals surface area (Å²) < 4.78 is 13.2. The summed E-state index contributed by atoms with van der Waals surface area (Å²) in [5.74, 6) is 2.12. The van der Waals surface area contributed by atoms with Gasteiger partial charge in [0, 0.05) is 25.4 Å². The van der Waals surface area contributed by atoms with E-state index in [-0.39, 0.29) is 5.65 Å². The van der Waals surface area contributed by atoms with Crippen LogP contribution in [0.2, 0.25) is 0 Å². The maximum Gasteiger partial charge on any atom is 0.332 e. The van der Waals surface area contributed by atoms with Gasteiger partial charge in [-0.05, 0) is 30.7 Å². The predicted octanol–water partition coefficient (Wildman–Crippen LogP) is 3.31. The van der Waals surface area contributed by atoms with Crippen molar-refractivity contribution in [1.82, 2.24) is 19.1 Å². The summed E-state index contributed by atoms with van der Waals surface area (Å²) in [7, 11) is 6.18. The third kappa shape index (κ3) is 4.23. The topological polar surface area (TPSA) is 88.2 Å². The number of fused-ring (bicyclic) bond motifs is 1. The Labute approximate surface area is 194 Å². The van der Waals surface area contributed by atoms with Crippen molar-refractivity contribution < 1.29 is 9.47 Å². The summed E-state index contributed by atoms with van der Waals surface area (Å²) >= 11 is 1.44. The van der Waals surface area contributed by atoms with Crippen LogP contribution < -0.4 is 20.7 Å². The molecule has 2 aromatic heterocycles. The number of rotatable bonds is 6. The summed E-state index contributed by atoms with van der Waals surface area (Å²) in [6, 6.07) is 13.6. The molecule has 0 unspecified atom stereocenters. The van der Waals surface area contributed by atoms with E-state index < -0.39 is 11.2 Å². The van der Waals surface area contributed by atoms with Gasteiger partial charge in [-0.3, -0.25) is 13.9 Å². The van der Waals surface area contributed by atoms with Crippen molar-refractivity contribution in [2.45, 2.75) is 17.7 Å². The minimum Gasteiger partial charge on any atom is -0.493 e. The van der Waals surface area contributed by atoms with E-state index >= 15 is 0 Å². The Morgan fingerprint density at radius 2 is 1.61 bits per heavy atom. The van der Waals surface area contributed by atoms with Crippen molar-refractivity contribution in [3.05, 3.63) is 74.4 Å². The fourth-order valence-electron chi connectivity index (χ4n) is 3.47. The van der Waals surface area contributed by atoms with Crippen molar-refractivity contribution in [1.29, 1.82) is 0 Å². The third-order valence-electron chi connectivity index (χ3n) is 5.40. The first-order valence-corrected chi connectivity index (χ1v) is 11.2. The SMILES string of the molecule is COc1ccc(-c2nc(SCc3ccc(C)cc3)c3c(=O)n(C)c(=O)n(C)c3n2)cc1OC. The molecule has 2 heterocycles. The van der Waals surface area contributed by atoms with Crippen LogP contribution in [0.25, 0.3) is 22.4 Å². The fourth-order valence-corrected chi connectivity index (χ4v) is 4.44. The highest BCUT2D eigenvalue weighted by Crippen LogP contribution is 2.33. The number of thioether (sulfide) groups is 1. The van der Waals surface area contributed by atoms with Crippen LogP contribution in [-0.4, -0.2) is 33.3 Å². The fraction of sp³-hybridized carbons (Fsp3) is 0.250. The lowest BCUT2D eigenvalue weighted by atomic mass is 10.2. The molecule has 0 saturated carbocycles. The van der Waals surface area contributed by atoms with Crippen molar-refractivity contribution in [3.8, 4) is 22.9 Å². The molecule has 4 aromatic rings. The lowest BCUT2D eigenvalue weighted by Crippen LogP contribution is -2.37. The van der Waals surface area contributed by atoms with Gasteiger partial charge in [0.15, 0.2) is 23.0 Å². The van der Waals surface area contributed by atoms with Gasteiger partial charge in [0.05, 0.1) is 14.2 Å². The Bertz CT molecular complexity index is 1460. The summed E-state index contributed by atoms with van der Waals surface area (Å²) in [5, 5.41) is 0.836. The van der Waals surface area contributed by atoms with Crippen LogP contribution >= 0.6 is 11.8 Å². The minimum atomic E-state index is -0.445. The van der Waals surface area contributed by atoms with E-state index in [4.69, 9.17) is 14.5 Å². The molecule has 33 heavy (non-hydrogen) atoms. The molecule has 0 N–H and O–H groups in total. The number of aromatic nitrogens is 4. The second kappa shape index (κ2) is 9.11. The molecule has 0 radical (unpaired) electrons. The molecule has 0 aliphatic rings. The molecule has 0 fully saturated rings. The Balaban J connectivity index is 1.91. The molecular weight excluding hydrogens is 440 g/mol. The highest BCUT2D eigenvalue weighted by molar-refractivity contribution is 7.98. The van der Waals surface area contributed by atoms with Crippen LogP contribution in [0.1, 0.15) is 11.1 Å². The Morgan fingerprint density at radius 3 is 2.27 bits per heavy atom. The van der Waals surface area contributed by atoms with Gasteiger partial charge in [-0.25, -0.2) is 14.8 Å². The number of benzene rings is 2. The first-order chi connectivity index (χ1) is 15.8. The van der Waals surface area contributed by atoms with E-state index in [0.29, 0.717) is 39.1 Å². The largest absolute Gasteiger partial charge is 0.493 e. The first kappa shape index (κ1) is 22.6. The number of aryl methyl sites for hydroxylation is 2. The van der Waals surface area contributed by atoms with Crippen LogP contribution in [0.4, 0.5) is 0 Å². The molecule has 0 aliphatic carbocycles. The predicted molar refractivity (Wildman–Crippen MR) is 129 cm³/mol.